The molecule has 0 spiro atoms. The number of rotatable bonds is 6. The molecule has 1 heterocycles. The lowest BCUT2D eigenvalue weighted by molar-refractivity contribution is -0.138. The topological polar surface area (TPSA) is 24.9 Å². The predicted octanol–water partition coefficient (Wildman–Crippen LogP) is 3.42. The average Bonchev–Trinajstić information content (AvgIpc) is 2.33. The van der Waals surface area contributed by atoms with Crippen molar-refractivity contribution < 1.29 is 13.2 Å². The first-order valence-corrected chi connectivity index (χ1v) is 6.23. The van der Waals surface area contributed by atoms with Crippen LogP contribution in [0.15, 0.2) is 18.3 Å². The molecule has 0 aliphatic carbocycles. The van der Waals surface area contributed by atoms with Gasteiger partial charge in [0.1, 0.15) is 0 Å². The van der Waals surface area contributed by atoms with E-state index in [0.717, 1.165) is 25.5 Å². The van der Waals surface area contributed by atoms with Crippen LogP contribution in [-0.2, 0) is 12.6 Å². The van der Waals surface area contributed by atoms with Crippen molar-refractivity contribution in [3.63, 3.8) is 0 Å². The predicted molar refractivity (Wildman–Crippen MR) is 65.3 cm³/mol. The fourth-order valence-electron chi connectivity index (χ4n) is 1.80. The van der Waals surface area contributed by atoms with Crippen LogP contribution in [-0.4, -0.2) is 17.6 Å². The number of nitrogens with zero attached hydrogens (tertiary/aromatic N) is 1. The Kier molecular flexibility index (Phi) is 5.59. The molecular weight excluding hydrogens is 241 g/mol. The highest BCUT2D eigenvalue weighted by atomic mass is 19.4. The molecule has 0 aromatic carbocycles. The van der Waals surface area contributed by atoms with E-state index in [4.69, 9.17) is 0 Å². The summed E-state index contributed by atoms with van der Waals surface area (Å²) in [5, 5.41) is 3.24. The zero-order valence-electron chi connectivity index (χ0n) is 10.7. The van der Waals surface area contributed by atoms with Crippen molar-refractivity contribution in [3.8, 4) is 0 Å². The van der Waals surface area contributed by atoms with Gasteiger partial charge in [-0.2, -0.15) is 13.2 Å². The van der Waals surface area contributed by atoms with Crippen LogP contribution in [0.4, 0.5) is 13.2 Å². The molecular formula is C13H19F3N2. The number of nitrogens with one attached hydrogen (secondary N) is 1. The Hall–Kier alpha value is -1.10. The number of hydrogen-bond donors (Lipinski definition) is 1. The third-order valence-corrected chi connectivity index (χ3v) is 2.81. The smallest absolute Gasteiger partial charge is 0.314 e. The number of alkyl halides is 3. The maximum absolute atomic E-state index is 12.8. The van der Waals surface area contributed by atoms with Crippen LogP contribution in [0.2, 0.25) is 0 Å². The summed E-state index contributed by atoms with van der Waals surface area (Å²) < 4.78 is 38.4. The zero-order chi connectivity index (χ0) is 13.6. The Morgan fingerprint density at radius 2 is 2.06 bits per heavy atom. The molecule has 0 amide bonds. The van der Waals surface area contributed by atoms with Crippen molar-refractivity contribution in [2.24, 2.45) is 0 Å². The van der Waals surface area contributed by atoms with E-state index >= 15 is 0 Å². The molecule has 1 N–H and O–H groups in total. The normalized spacial score (nSPS) is 13.6. The van der Waals surface area contributed by atoms with Crippen molar-refractivity contribution in [2.75, 3.05) is 6.54 Å². The standard InChI is InChI=1S/C13H19F3N2/c1-3-7-17-10(4-2)9-12-11(13(14,15)16)6-5-8-18-12/h5-6,8,10,17H,3-4,7,9H2,1-2H3. The van der Waals surface area contributed by atoms with Gasteiger partial charge in [0.15, 0.2) is 0 Å². The third kappa shape index (κ3) is 4.29. The average molecular weight is 260 g/mol. The molecule has 1 atom stereocenters. The molecule has 0 aliphatic rings. The lowest BCUT2D eigenvalue weighted by atomic mass is 10.0. The summed E-state index contributed by atoms with van der Waals surface area (Å²) in [5.41, 5.74) is -0.498. The Morgan fingerprint density at radius 3 is 2.61 bits per heavy atom. The molecule has 18 heavy (non-hydrogen) atoms. The van der Waals surface area contributed by atoms with E-state index in [9.17, 15) is 13.2 Å². The fourth-order valence-corrected chi connectivity index (χ4v) is 1.80. The second-order valence-corrected chi connectivity index (χ2v) is 4.26. The minimum Gasteiger partial charge on any atom is -0.314 e. The lowest BCUT2D eigenvalue weighted by Crippen LogP contribution is -2.32. The highest BCUT2D eigenvalue weighted by Gasteiger charge is 2.34. The maximum Gasteiger partial charge on any atom is 0.418 e. The molecule has 1 unspecified atom stereocenters. The fraction of sp³-hybridized carbons (Fsp3) is 0.615. The van der Waals surface area contributed by atoms with Crippen LogP contribution in [0.5, 0.6) is 0 Å². The molecule has 0 bridgehead atoms. The first-order chi connectivity index (χ1) is 8.49. The molecule has 0 aliphatic heterocycles. The van der Waals surface area contributed by atoms with E-state index in [1.807, 2.05) is 13.8 Å². The van der Waals surface area contributed by atoms with Gasteiger partial charge in [0.05, 0.1) is 11.3 Å². The van der Waals surface area contributed by atoms with Crippen molar-refractivity contribution >= 4 is 0 Å². The van der Waals surface area contributed by atoms with Crippen LogP contribution < -0.4 is 5.32 Å². The SMILES string of the molecule is CCCNC(CC)Cc1ncccc1C(F)(F)F. The van der Waals surface area contributed by atoms with Gasteiger partial charge >= 0.3 is 6.18 Å². The number of aromatic nitrogens is 1. The Bertz CT molecular complexity index is 363. The Labute approximate surface area is 106 Å². The van der Waals surface area contributed by atoms with Gasteiger partial charge < -0.3 is 5.32 Å². The van der Waals surface area contributed by atoms with Crippen LogP contribution in [0.3, 0.4) is 0 Å². The van der Waals surface area contributed by atoms with Gasteiger partial charge in [0.25, 0.3) is 0 Å². The van der Waals surface area contributed by atoms with Crippen molar-refractivity contribution in [1.82, 2.24) is 10.3 Å². The van der Waals surface area contributed by atoms with Gasteiger partial charge in [0, 0.05) is 18.7 Å². The quantitative estimate of drug-likeness (QED) is 0.847. The molecule has 0 saturated heterocycles. The van der Waals surface area contributed by atoms with Gasteiger partial charge in [-0.25, -0.2) is 0 Å². The highest BCUT2D eigenvalue weighted by molar-refractivity contribution is 5.23. The Morgan fingerprint density at radius 1 is 1.33 bits per heavy atom. The molecule has 0 fully saturated rings. The van der Waals surface area contributed by atoms with Gasteiger partial charge in [-0.1, -0.05) is 13.8 Å². The molecule has 102 valence electrons. The van der Waals surface area contributed by atoms with Crippen molar-refractivity contribution in [1.29, 1.82) is 0 Å². The summed E-state index contributed by atoms with van der Waals surface area (Å²) in [5.74, 6) is 0. The molecule has 0 radical (unpaired) electrons. The van der Waals surface area contributed by atoms with E-state index in [0.29, 0.717) is 6.42 Å². The van der Waals surface area contributed by atoms with Gasteiger partial charge in [-0.15, -0.1) is 0 Å². The summed E-state index contributed by atoms with van der Waals surface area (Å²) in [6.07, 6.45) is -0.853. The van der Waals surface area contributed by atoms with E-state index in [2.05, 4.69) is 10.3 Å². The first kappa shape index (κ1) is 15.0. The lowest BCUT2D eigenvalue weighted by Gasteiger charge is -2.18. The minimum atomic E-state index is -4.33. The number of halogens is 3. The maximum atomic E-state index is 12.8. The summed E-state index contributed by atoms with van der Waals surface area (Å²) in [6.45, 7) is 4.80. The monoisotopic (exact) mass is 260 g/mol. The third-order valence-electron chi connectivity index (χ3n) is 2.81. The minimum absolute atomic E-state index is 0.0425. The van der Waals surface area contributed by atoms with E-state index in [-0.39, 0.29) is 11.7 Å². The van der Waals surface area contributed by atoms with Crippen LogP contribution in [0, 0.1) is 0 Å². The van der Waals surface area contributed by atoms with E-state index in [1.54, 1.807) is 0 Å². The van der Waals surface area contributed by atoms with Crippen molar-refractivity contribution in [3.05, 3.63) is 29.6 Å². The Balaban J connectivity index is 2.82. The molecule has 1 rings (SSSR count). The van der Waals surface area contributed by atoms with Crippen LogP contribution in [0.1, 0.15) is 37.9 Å². The second-order valence-electron chi connectivity index (χ2n) is 4.26. The van der Waals surface area contributed by atoms with Crippen LogP contribution in [0.25, 0.3) is 0 Å². The summed E-state index contributed by atoms with van der Waals surface area (Å²) in [6, 6.07) is 2.46. The van der Waals surface area contributed by atoms with Crippen LogP contribution >= 0.6 is 0 Å². The second kappa shape index (κ2) is 6.73. The largest absolute Gasteiger partial charge is 0.418 e. The summed E-state index contributed by atoms with van der Waals surface area (Å²) in [4.78, 5) is 3.88. The molecule has 0 saturated carbocycles. The van der Waals surface area contributed by atoms with Crippen molar-refractivity contribution in [2.45, 2.75) is 45.3 Å². The van der Waals surface area contributed by atoms with Gasteiger partial charge in [-0.3, -0.25) is 4.98 Å². The zero-order valence-corrected chi connectivity index (χ0v) is 10.7. The number of pyridine rings is 1. The summed E-state index contributed by atoms with van der Waals surface area (Å²) in [7, 11) is 0. The first-order valence-electron chi connectivity index (χ1n) is 6.23. The van der Waals surface area contributed by atoms with E-state index < -0.39 is 11.7 Å². The number of hydrogen-bond acceptors (Lipinski definition) is 2. The van der Waals surface area contributed by atoms with E-state index in [1.165, 1.54) is 12.3 Å². The molecule has 2 nitrogen and oxygen atoms in total. The molecule has 1 aromatic rings. The summed E-state index contributed by atoms with van der Waals surface area (Å²) >= 11 is 0. The van der Waals surface area contributed by atoms with Gasteiger partial charge in [-0.05, 0) is 31.5 Å². The molecule has 5 heteroatoms. The molecule has 1 aromatic heterocycles. The highest BCUT2D eigenvalue weighted by Crippen LogP contribution is 2.31. The van der Waals surface area contributed by atoms with Gasteiger partial charge in [0.2, 0.25) is 0 Å².